The molecule has 1 aromatic carbocycles. The second kappa shape index (κ2) is 5.80. The standard InChI is InChI=1S/C15H18N2O2/c1-17(2)7-3-4-11-5-6-12-9-13(15(18)19)10-16-14(12)8-11/h5-6,8-10H,3-4,7H2,1-2H3,(H,18,19). The van der Waals surface area contributed by atoms with Crippen LogP contribution in [0.1, 0.15) is 22.3 Å². The number of hydrogen-bond acceptors (Lipinski definition) is 3. The van der Waals surface area contributed by atoms with Crippen LogP contribution in [-0.2, 0) is 6.42 Å². The number of carboxylic acids is 1. The Bertz CT molecular complexity index is 594. The minimum atomic E-state index is -0.940. The molecule has 0 aliphatic heterocycles. The van der Waals surface area contributed by atoms with E-state index in [4.69, 9.17) is 5.11 Å². The molecule has 19 heavy (non-hydrogen) atoms. The van der Waals surface area contributed by atoms with Gasteiger partial charge in [0, 0.05) is 11.6 Å². The maximum Gasteiger partial charge on any atom is 0.337 e. The second-order valence-electron chi connectivity index (χ2n) is 4.96. The van der Waals surface area contributed by atoms with Crippen LogP contribution < -0.4 is 0 Å². The maximum atomic E-state index is 10.9. The van der Waals surface area contributed by atoms with Crippen molar-refractivity contribution in [3.8, 4) is 0 Å². The molecule has 1 aromatic heterocycles. The predicted octanol–water partition coefficient (Wildman–Crippen LogP) is 2.43. The van der Waals surface area contributed by atoms with Gasteiger partial charge in [0.15, 0.2) is 0 Å². The molecule has 1 heterocycles. The fourth-order valence-electron chi connectivity index (χ4n) is 2.04. The zero-order chi connectivity index (χ0) is 13.8. The molecular formula is C15H18N2O2. The van der Waals surface area contributed by atoms with Gasteiger partial charge in [-0.1, -0.05) is 12.1 Å². The molecule has 4 nitrogen and oxygen atoms in total. The third-order valence-corrected chi connectivity index (χ3v) is 3.07. The molecule has 0 aliphatic rings. The van der Waals surface area contributed by atoms with E-state index < -0.39 is 5.97 Å². The van der Waals surface area contributed by atoms with Crippen molar-refractivity contribution in [3.63, 3.8) is 0 Å². The monoisotopic (exact) mass is 258 g/mol. The van der Waals surface area contributed by atoms with Gasteiger partial charge in [-0.15, -0.1) is 0 Å². The predicted molar refractivity (Wildman–Crippen MR) is 75.6 cm³/mol. The number of aromatic nitrogens is 1. The van der Waals surface area contributed by atoms with Crippen molar-refractivity contribution in [1.29, 1.82) is 0 Å². The van der Waals surface area contributed by atoms with Gasteiger partial charge >= 0.3 is 5.97 Å². The Kier molecular flexibility index (Phi) is 4.12. The molecule has 0 saturated heterocycles. The van der Waals surface area contributed by atoms with Crippen molar-refractivity contribution in [2.75, 3.05) is 20.6 Å². The van der Waals surface area contributed by atoms with Gasteiger partial charge in [0.1, 0.15) is 0 Å². The number of aryl methyl sites for hydroxylation is 1. The molecule has 0 aliphatic carbocycles. The minimum absolute atomic E-state index is 0.229. The third kappa shape index (κ3) is 3.51. The SMILES string of the molecule is CN(C)CCCc1ccc2cc(C(=O)O)cnc2c1. The van der Waals surface area contributed by atoms with Gasteiger partial charge in [0.05, 0.1) is 11.1 Å². The van der Waals surface area contributed by atoms with Crippen LogP contribution in [-0.4, -0.2) is 41.6 Å². The zero-order valence-corrected chi connectivity index (χ0v) is 11.3. The number of hydrogen-bond donors (Lipinski definition) is 1. The van der Waals surface area contributed by atoms with E-state index in [1.165, 1.54) is 11.8 Å². The zero-order valence-electron chi connectivity index (χ0n) is 11.3. The summed E-state index contributed by atoms with van der Waals surface area (Å²) >= 11 is 0. The van der Waals surface area contributed by atoms with Crippen molar-refractivity contribution in [2.24, 2.45) is 0 Å². The molecule has 2 aromatic rings. The second-order valence-corrected chi connectivity index (χ2v) is 4.96. The summed E-state index contributed by atoms with van der Waals surface area (Å²) in [6.45, 7) is 1.06. The van der Waals surface area contributed by atoms with Crippen molar-refractivity contribution in [2.45, 2.75) is 12.8 Å². The smallest absolute Gasteiger partial charge is 0.337 e. The summed E-state index contributed by atoms with van der Waals surface area (Å²) in [7, 11) is 4.13. The molecule has 0 saturated carbocycles. The average Bonchev–Trinajstić information content (AvgIpc) is 2.37. The van der Waals surface area contributed by atoms with E-state index in [2.05, 4.69) is 24.0 Å². The lowest BCUT2D eigenvalue weighted by atomic mass is 10.1. The fraction of sp³-hybridized carbons (Fsp3) is 0.333. The summed E-state index contributed by atoms with van der Waals surface area (Å²) in [4.78, 5) is 17.3. The first-order valence-electron chi connectivity index (χ1n) is 6.33. The van der Waals surface area contributed by atoms with E-state index >= 15 is 0 Å². The highest BCUT2D eigenvalue weighted by Gasteiger charge is 2.05. The lowest BCUT2D eigenvalue weighted by molar-refractivity contribution is 0.0696. The van der Waals surface area contributed by atoms with E-state index in [1.54, 1.807) is 6.07 Å². The molecule has 0 unspecified atom stereocenters. The average molecular weight is 258 g/mol. The molecule has 0 fully saturated rings. The summed E-state index contributed by atoms with van der Waals surface area (Å²) in [5.74, 6) is -0.940. The number of pyridine rings is 1. The van der Waals surface area contributed by atoms with Crippen molar-refractivity contribution < 1.29 is 9.90 Å². The van der Waals surface area contributed by atoms with E-state index in [-0.39, 0.29) is 5.56 Å². The summed E-state index contributed by atoms with van der Waals surface area (Å²) in [6, 6.07) is 7.69. The van der Waals surface area contributed by atoms with E-state index in [9.17, 15) is 4.79 Å². The first-order valence-corrected chi connectivity index (χ1v) is 6.33. The highest BCUT2D eigenvalue weighted by atomic mass is 16.4. The summed E-state index contributed by atoms with van der Waals surface area (Å²) in [6.07, 6.45) is 3.52. The number of carboxylic acid groups (broad SMARTS) is 1. The normalized spacial score (nSPS) is 11.1. The van der Waals surface area contributed by atoms with E-state index in [0.29, 0.717) is 0 Å². The number of aromatic carboxylic acids is 1. The van der Waals surface area contributed by atoms with Crippen LogP contribution in [0.25, 0.3) is 10.9 Å². The Labute approximate surface area is 112 Å². The number of fused-ring (bicyclic) bond motifs is 1. The Hall–Kier alpha value is -1.94. The summed E-state index contributed by atoms with van der Waals surface area (Å²) in [5.41, 5.74) is 2.32. The van der Waals surface area contributed by atoms with Gasteiger partial charge in [-0.05, 0) is 51.2 Å². The summed E-state index contributed by atoms with van der Waals surface area (Å²) in [5, 5.41) is 9.79. The molecule has 0 amide bonds. The lowest BCUT2D eigenvalue weighted by Crippen LogP contribution is -2.13. The largest absolute Gasteiger partial charge is 0.478 e. The minimum Gasteiger partial charge on any atom is -0.478 e. The lowest BCUT2D eigenvalue weighted by Gasteiger charge is -2.09. The van der Waals surface area contributed by atoms with Crippen LogP contribution in [0.3, 0.4) is 0 Å². The fourth-order valence-corrected chi connectivity index (χ4v) is 2.04. The van der Waals surface area contributed by atoms with Crippen LogP contribution >= 0.6 is 0 Å². The molecule has 0 bridgehead atoms. The topological polar surface area (TPSA) is 53.4 Å². The first kappa shape index (κ1) is 13.5. The molecule has 0 radical (unpaired) electrons. The molecular weight excluding hydrogens is 240 g/mol. The van der Waals surface area contributed by atoms with Crippen LogP contribution in [0.5, 0.6) is 0 Å². The summed E-state index contributed by atoms with van der Waals surface area (Å²) < 4.78 is 0. The Balaban J connectivity index is 2.17. The molecule has 4 heteroatoms. The van der Waals surface area contributed by atoms with Gasteiger partial charge in [0.2, 0.25) is 0 Å². The van der Waals surface area contributed by atoms with Crippen molar-refractivity contribution >= 4 is 16.9 Å². The third-order valence-electron chi connectivity index (χ3n) is 3.07. The van der Waals surface area contributed by atoms with Crippen molar-refractivity contribution in [3.05, 3.63) is 41.6 Å². The van der Waals surface area contributed by atoms with Crippen LogP contribution in [0, 0.1) is 0 Å². The first-order chi connectivity index (χ1) is 9.06. The van der Waals surface area contributed by atoms with Gasteiger partial charge in [0.25, 0.3) is 0 Å². The van der Waals surface area contributed by atoms with Crippen LogP contribution in [0.4, 0.5) is 0 Å². The quantitative estimate of drug-likeness (QED) is 0.895. The molecule has 0 spiro atoms. The molecule has 2 rings (SSSR count). The Morgan fingerprint density at radius 3 is 2.79 bits per heavy atom. The Morgan fingerprint density at radius 2 is 2.11 bits per heavy atom. The Morgan fingerprint density at radius 1 is 1.32 bits per heavy atom. The van der Waals surface area contributed by atoms with Crippen molar-refractivity contribution in [1.82, 2.24) is 9.88 Å². The maximum absolute atomic E-state index is 10.9. The van der Waals surface area contributed by atoms with Gasteiger partial charge in [-0.3, -0.25) is 4.98 Å². The number of nitrogens with zero attached hydrogens (tertiary/aromatic N) is 2. The number of rotatable bonds is 5. The van der Waals surface area contributed by atoms with E-state index in [0.717, 1.165) is 30.3 Å². The highest BCUT2D eigenvalue weighted by Crippen LogP contribution is 2.16. The molecule has 100 valence electrons. The van der Waals surface area contributed by atoms with Gasteiger partial charge < -0.3 is 10.0 Å². The van der Waals surface area contributed by atoms with Gasteiger partial charge in [-0.2, -0.15) is 0 Å². The van der Waals surface area contributed by atoms with Crippen LogP contribution in [0.2, 0.25) is 0 Å². The number of carbonyl (C=O) groups is 1. The number of benzene rings is 1. The van der Waals surface area contributed by atoms with E-state index in [1.807, 2.05) is 18.2 Å². The molecule has 0 atom stereocenters. The highest BCUT2D eigenvalue weighted by molar-refractivity contribution is 5.92. The van der Waals surface area contributed by atoms with Gasteiger partial charge in [-0.25, -0.2) is 4.79 Å². The van der Waals surface area contributed by atoms with Crippen LogP contribution in [0.15, 0.2) is 30.5 Å². The molecule has 1 N–H and O–H groups in total.